The minimum absolute atomic E-state index is 0.116. The van der Waals surface area contributed by atoms with Crippen molar-refractivity contribution in [3.8, 4) is 0 Å². The van der Waals surface area contributed by atoms with Crippen LogP contribution in [-0.4, -0.2) is 37.0 Å². The van der Waals surface area contributed by atoms with Gasteiger partial charge in [0.1, 0.15) is 0 Å². The Hall–Kier alpha value is -0.220. The fourth-order valence-electron chi connectivity index (χ4n) is 1.29. The molecule has 1 heterocycles. The highest BCUT2D eigenvalue weighted by Crippen LogP contribution is 2.16. The molecule has 0 saturated carbocycles. The maximum atomic E-state index is 11.1. The first-order chi connectivity index (χ1) is 5.83. The van der Waals surface area contributed by atoms with Crippen molar-refractivity contribution >= 4 is 17.7 Å². The number of carbonyl (C=O) groups excluding carboxylic acids is 1. The maximum Gasteiger partial charge on any atom is 0.234 e. The second-order valence-electron chi connectivity index (χ2n) is 3.01. The lowest BCUT2D eigenvalue weighted by Gasteiger charge is -2.22. The summed E-state index contributed by atoms with van der Waals surface area (Å²) in [5.74, 6) is 2.44. The fraction of sp³-hybridized carbons (Fsp3) is 0.875. The van der Waals surface area contributed by atoms with Gasteiger partial charge in [-0.25, -0.2) is 0 Å². The number of hydrogen-bond donors (Lipinski definition) is 2. The smallest absolute Gasteiger partial charge is 0.234 e. The van der Waals surface area contributed by atoms with Gasteiger partial charge in [0.2, 0.25) is 5.91 Å². The fourth-order valence-corrected chi connectivity index (χ4v) is 2.37. The molecule has 1 fully saturated rings. The highest BCUT2D eigenvalue weighted by Gasteiger charge is 2.14. The average molecular weight is 188 g/mol. The van der Waals surface area contributed by atoms with Gasteiger partial charge in [-0.1, -0.05) is 0 Å². The van der Waals surface area contributed by atoms with Crippen molar-refractivity contribution in [1.29, 1.82) is 0 Å². The molecule has 1 rings (SSSR count). The monoisotopic (exact) mass is 188 g/mol. The second kappa shape index (κ2) is 5.43. The number of likely N-dealkylation sites (N-methyl/N-ethyl adjacent to an activating group) is 1. The summed E-state index contributed by atoms with van der Waals surface area (Å²) in [4.78, 5) is 11.1. The highest BCUT2D eigenvalue weighted by molar-refractivity contribution is 7.99. The molecule has 12 heavy (non-hydrogen) atoms. The van der Waals surface area contributed by atoms with E-state index in [1.807, 2.05) is 11.8 Å². The second-order valence-corrected chi connectivity index (χ2v) is 4.16. The molecule has 2 N–H and O–H groups in total. The van der Waals surface area contributed by atoms with Crippen LogP contribution in [0.15, 0.2) is 0 Å². The molecular weight excluding hydrogens is 172 g/mol. The molecule has 4 heteroatoms. The van der Waals surface area contributed by atoms with Crippen LogP contribution in [0.25, 0.3) is 0 Å². The summed E-state index contributed by atoms with van der Waals surface area (Å²) < 4.78 is 0. The summed E-state index contributed by atoms with van der Waals surface area (Å²) >= 11 is 1.93. The van der Waals surface area contributed by atoms with E-state index in [0.29, 0.717) is 12.6 Å². The van der Waals surface area contributed by atoms with Gasteiger partial charge in [0.15, 0.2) is 0 Å². The Labute approximate surface area is 77.7 Å². The van der Waals surface area contributed by atoms with Crippen molar-refractivity contribution in [2.75, 3.05) is 25.1 Å². The van der Waals surface area contributed by atoms with Gasteiger partial charge in [-0.05, 0) is 25.6 Å². The minimum atomic E-state index is 0.116. The molecule has 3 nitrogen and oxygen atoms in total. The standard InChI is InChI=1S/C8H16N2OS/c1-9-5-8(11)10-7-3-2-4-12-6-7/h7,9H,2-6H2,1H3,(H,10,11). The summed E-state index contributed by atoms with van der Waals surface area (Å²) in [6.07, 6.45) is 2.37. The van der Waals surface area contributed by atoms with E-state index >= 15 is 0 Å². The van der Waals surface area contributed by atoms with Gasteiger partial charge >= 0.3 is 0 Å². The zero-order valence-electron chi connectivity index (χ0n) is 7.43. The Morgan fingerprint density at radius 3 is 3.08 bits per heavy atom. The summed E-state index contributed by atoms with van der Waals surface area (Å²) in [5, 5.41) is 5.84. The summed E-state index contributed by atoms with van der Waals surface area (Å²) in [6.45, 7) is 0.432. The predicted molar refractivity (Wildman–Crippen MR) is 52.4 cm³/mol. The molecule has 1 aliphatic rings. The first-order valence-electron chi connectivity index (χ1n) is 4.34. The Bertz CT molecular complexity index is 146. The SMILES string of the molecule is CNCC(=O)NC1CCCSC1. The van der Waals surface area contributed by atoms with Crippen molar-refractivity contribution in [3.63, 3.8) is 0 Å². The Morgan fingerprint density at radius 2 is 2.50 bits per heavy atom. The molecule has 0 aromatic carbocycles. The van der Waals surface area contributed by atoms with Crippen molar-refractivity contribution in [1.82, 2.24) is 10.6 Å². The molecule has 0 spiro atoms. The van der Waals surface area contributed by atoms with Crippen LogP contribution in [0.3, 0.4) is 0 Å². The van der Waals surface area contributed by atoms with Crippen molar-refractivity contribution in [3.05, 3.63) is 0 Å². The molecule has 1 saturated heterocycles. The minimum Gasteiger partial charge on any atom is -0.351 e. The van der Waals surface area contributed by atoms with Crippen molar-refractivity contribution in [2.24, 2.45) is 0 Å². The highest BCUT2D eigenvalue weighted by atomic mass is 32.2. The number of amides is 1. The molecular formula is C8H16N2OS. The van der Waals surface area contributed by atoms with Crippen LogP contribution in [-0.2, 0) is 4.79 Å². The topological polar surface area (TPSA) is 41.1 Å². The zero-order valence-corrected chi connectivity index (χ0v) is 8.25. The van der Waals surface area contributed by atoms with Crippen LogP contribution >= 0.6 is 11.8 Å². The largest absolute Gasteiger partial charge is 0.351 e. The van der Waals surface area contributed by atoms with Gasteiger partial charge in [-0.15, -0.1) is 0 Å². The third-order valence-corrected chi connectivity index (χ3v) is 3.08. The first-order valence-corrected chi connectivity index (χ1v) is 5.50. The number of nitrogens with one attached hydrogen (secondary N) is 2. The molecule has 70 valence electrons. The van der Waals surface area contributed by atoms with Gasteiger partial charge in [-0.3, -0.25) is 4.79 Å². The lowest BCUT2D eigenvalue weighted by molar-refractivity contribution is -0.120. The van der Waals surface area contributed by atoms with Gasteiger partial charge in [0.05, 0.1) is 6.54 Å². The molecule has 1 amide bonds. The van der Waals surface area contributed by atoms with Crippen LogP contribution in [0.1, 0.15) is 12.8 Å². The Morgan fingerprint density at radius 1 is 1.67 bits per heavy atom. The van der Waals surface area contributed by atoms with E-state index in [2.05, 4.69) is 10.6 Å². The molecule has 0 aliphatic carbocycles. The summed E-state index contributed by atoms with van der Waals surface area (Å²) in [7, 11) is 1.79. The average Bonchev–Trinajstić information content (AvgIpc) is 2.06. The molecule has 0 bridgehead atoms. The first kappa shape index (κ1) is 9.86. The van der Waals surface area contributed by atoms with E-state index in [-0.39, 0.29) is 5.91 Å². The van der Waals surface area contributed by atoms with Gasteiger partial charge in [0, 0.05) is 11.8 Å². The van der Waals surface area contributed by atoms with Gasteiger partial charge in [-0.2, -0.15) is 11.8 Å². The van der Waals surface area contributed by atoms with Crippen LogP contribution in [0, 0.1) is 0 Å². The van der Waals surface area contributed by atoms with Crippen LogP contribution in [0.2, 0.25) is 0 Å². The van der Waals surface area contributed by atoms with E-state index in [0.717, 1.165) is 12.2 Å². The van der Waals surface area contributed by atoms with E-state index in [1.165, 1.54) is 12.2 Å². The normalized spacial score (nSPS) is 23.6. The Balaban J connectivity index is 2.15. The zero-order chi connectivity index (χ0) is 8.81. The van der Waals surface area contributed by atoms with E-state index in [9.17, 15) is 4.79 Å². The molecule has 0 aromatic heterocycles. The maximum absolute atomic E-state index is 11.1. The molecule has 0 aromatic rings. The third-order valence-electron chi connectivity index (χ3n) is 1.86. The quantitative estimate of drug-likeness (QED) is 0.665. The lowest BCUT2D eigenvalue weighted by atomic mass is 10.2. The van der Waals surface area contributed by atoms with Crippen LogP contribution < -0.4 is 10.6 Å². The molecule has 1 aliphatic heterocycles. The van der Waals surface area contributed by atoms with E-state index in [4.69, 9.17) is 0 Å². The molecule has 0 radical (unpaired) electrons. The number of carbonyl (C=O) groups is 1. The number of hydrogen-bond acceptors (Lipinski definition) is 3. The predicted octanol–water partition coefficient (Wildman–Crippen LogP) is 0.218. The van der Waals surface area contributed by atoms with Crippen molar-refractivity contribution in [2.45, 2.75) is 18.9 Å². The molecule has 1 atom stereocenters. The van der Waals surface area contributed by atoms with Gasteiger partial charge in [0.25, 0.3) is 0 Å². The lowest BCUT2D eigenvalue weighted by Crippen LogP contribution is -2.42. The van der Waals surface area contributed by atoms with E-state index < -0.39 is 0 Å². The Kier molecular flexibility index (Phi) is 4.46. The summed E-state index contributed by atoms with van der Waals surface area (Å²) in [6, 6.07) is 0.407. The number of rotatable bonds is 3. The molecule has 1 unspecified atom stereocenters. The van der Waals surface area contributed by atoms with E-state index in [1.54, 1.807) is 7.05 Å². The van der Waals surface area contributed by atoms with Gasteiger partial charge < -0.3 is 10.6 Å². The number of thioether (sulfide) groups is 1. The third kappa shape index (κ3) is 3.45. The van der Waals surface area contributed by atoms with Crippen molar-refractivity contribution < 1.29 is 4.79 Å². The van der Waals surface area contributed by atoms with Crippen LogP contribution in [0.5, 0.6) is 0 Å². The van der Waals surface area contributed by atoms with Crippen LogP contribution in [0.4, 0.5) is 0 Å². The summed E-state index contributed by atoms with van der Waals surface area (Å²) in [5.41, 5.74) is 0.